The molecule has 2 aromatic heterocycles. The van der Waals surface area contributed by atoms with E-state index in [2.05, 4.69) is 29.4 Å². The zero-order valence-corrected chi connectivity index (χ0v) is 11.5. The molecule has 4 nitrogen and oxygen atoms in total. The minimum Gasteiger partial charge on any atom is -0.310 e. The van der Waals surface area contributed by atoms with Crippen LogP contribution in [-0.4, -0.2) is 16.1 Å². The SMILES string of the molecule is Cc1ccn(CCNCc2ccc(C)s2)c(=O)n1. The molecule has 0 bridgehead atoms. The largest absolute Gasteiger partial charge is 0.347 e. The molecule has 0 fully saturated rings. The number of nitrogens with zero attached hydrogens (tertiary/aromatic N) is 2. The second-order valence-corrected chi connectivity index (χ2v) is 5.61. The van der Waals surface area contributed by atoms with E-state index < -0.39 is 0 Å². The fraction of sp³-hybridized carbons (Fsp3) is 0.385. The van der Waals surface area contributed by atoms with Crippen LogP contribution in [0, 0.1) is 13.8 Å². The smallest absolute Gasteiger partial charge is 0.310 e. The van der Waals surface area contributed by atoms with Crippen molar-refractivity contribution >= 4 is 11.3 Å². The number of aromatic nitrogens is 2. The molecule has 2 heterocycles. The Hall–Kier alpha value is -1.46. The molecular weight excluding hydrogens is 246 g/mol. The molecule has 96 valence electrons. The quantitative estimate of drug-likeness (QED) is 0.835. The monoisotopic (exact) mass is 263 g/mol. The van der Waals surface area contributed by atoms with Crippen molar-refractivity contribution in [3.05, 3.63) is 50.3 Å². The lowest BCUT2D eigenvalue weighted by molar-refractivity contribution is 0.576. The summed E-state index contributed by atoms with van der Waals surface area (Å²) in [6.07, 6.45) is 1.79. The normalized spacial score (nSPS) is 10.8. The van der Waals surface area contributed by atoms with E-state index in [-0.39, 0.29) is 5.69 Å². The second-order valence-electron chi connectivity index (χ2n) is 4.23. The molecule has 0 amide bonds. The first-order valence-electron chi connectivity index (χ1n) is 5.95. The van der Waals surface area contributed by atoms with Crippen LogP contribution in [0.15, 0.2) is 29.2 Å². The van der Waals surface area contributed by atoms with Gasteiger partial charge in [0.25, 0.3) is 0 Å². The van der Waals surface area contributed by atoms with Crippen LogP contribution in [-0.2, 0) is 13.1 Å². The van der Waals surface area contributed by atoms with Gasteiger partial charge in [-0.05, 0) is 32.0 Å². The minimum absolute atomic E-state index is 0.177. The zero-order valence-electron chi connectivity index (χ0n) is 10.6. The summed E-state index contributed by atoms with van der Waals surface area (Å²) in [7, 11) is 0. The Labute approximate surface area is 110 Å². The highest BCUT2D eigenvalue weighted by Gasteiger charge is 1.98. The predicted octanol–water partition coefficient (Wildman–Crippen LogP) is 1.71. The highest BCUT2D eigenvalue weighted by molar-refractivity contribution is 7.11. The highest BCUT2D eigenvalue weighted by atomic mass is 32.1. The summed E-state index contributed by atoms with van der Waals surface area (Å²) in [4.78, 5) is 18.1. The molecule has 0 aliphatic rings. The van der Waals surface area contributed by atoms with Crippen molar-refractivity contribution in [3.8, 4) is 0 Å². The molecular formula is C13H17N3OS. The average Bonchev–Trinajstić information content (AvgIpc) is 2.73. The van der Waals surface area contributed by atoms with E-state index in [9.17, 15) is 4.79 Å². The molecule has 5 heteroatoms. The number of hydrogen-bond donors (Lipinski definition) is 1. The fourth-order valence-electron chi connectivity index (χ4n) is 1.68. The van der Waals surface area contributed by atoms with E-state index >= 15 is 0 Å². The van der Waals surface area contributed by atoms with Crippen LogP contribution in [0.3, 0.4) is 0 Å². The maximum atomic E-state index is 11.5. The van der Waals surface area contributed by atoms with Crippen LogP contribution in [0.5, 0.6) is 0 Å². The molecule has 0 aliphatic carbocycles. The van der Waals surface area contributed by atoms with E-state index in [0.717, 1.165) is 18.8 Å². The molecule has 0 unspecified atom stereocenters. The molecule has 0 atom stereocenters. The number of hydrogen-bond acceptors (Lipinski definition) is 4. The summed E-state index contributed by atoms with van der Waals surface area (Å²) in [5.41, 5.74) is 0.585. The van der Waals surface area contributed by atoms with Gasteiger partial charge in [-0.3, -0.25) is 4.57 Å². The van der Waals surface area contributed by atoms with Gasteiger partial charge < -0.3 is 5.32 Å². The Balaban J connectivity index is 1.80. The third kappa shape index (κ3) is 3.51. The van der Waals surface area contributed by atoms with Gasteiger partial charge in [0.05, 0.1) is 0 Å². The van der Waals surface area contributed by atoms with Gasteiger partial charge in [-0.15, -0.1) is 11.3 Å². The standard InChI is InChI=1S/C13H17N3OS/c1-10-5-7-16(13(17)15-10)8-6-14-9-12-4-3-11(2)18-12/h3-5,7,14H,6,8-9H2,1-2H3. The lowest BCUT2D eigenvalue weighted by atomic mass is 10.4. The highest BCUT2D eigenvalue weighted by Crippen LogP contribution is 2.14. The maximum Gasteiger partial charge on any atom is 0.347 e. The summed E-state index contributed by atoms with van der Waals surface area (Å²) in [6.45, 7) is 6.19. The lowest BCUT2D eigenvalue weighted by Gasteiger charge is -2.06. The van der Waals surface area contributed by atoms with Crippen molar-refractivity contribution in [2.45, 2.75) is 26.9 Å². The Kier molecular flexibility index (Phi) is 4.28. The Morgan fingerprint density at radius 3 is 2.83 bits per heavy atom. The number of aryl methyl sites for hydroxylation is 2. The first-order valence-corrected chi connectivity index (χ1v) is 6.77. The molecule has 1 N–H and O–H groups in total. The molecule has 2 rings (SSSR count). The van der Waals surface area contributed by atoms with Crippen molar-refractivity contribution in [1.82, 2.24) is 14.9 Å². The number of thiophene rings is 1. The van der Waals surface area contributed by atoms with Crippen LogP contribution in [0.1, 0.15) is 15.4 Å². The van der Waals surface area contributed by atoms with E-state index in [1.54, 1.807) is 22.1 Å². The van der Waals surface area contributed by atoms with Gasteiger partial charge in [0.1, 0.15) is 0 Å². The van der Waals surface area contributed by atoms with Gasteiger partial charge in [-0.1, -0.05) is 0 Å². The van der Waals surface area contributed by atoms with E-state index in [1.807, 2.05) is 13.0 Å². The van der Waals surface area contributed by atoms with Gasteiger partial charge in [0, 0.05) is 41.3 Å². The van der Waals surface area contributed by atoms with Crippen molar-refractivity contribution in [3.63, 3.8) is 0 Å². The molecule has 0 saturated heterocycles. The van der Waals surface area contributed by atoms with Gasteiger partial charge >= 0.3 is 5.69 Å². The Morgan fingerprint density at radius 1 is 1.33 bits per heavy atom. The molecule has 0 spiro atoms. The van der Waals surface area contributed by atoms with Gasteiger partial charge in [-0.25, -0.2) is 4.79 Å². The number of nitrogens with one attached hydrogen (secondary N) is 1. The van der Waals surface area contributed by atoms with Crippen molar-refractivity contribution in [2.24, 2.45) is 0 Å². The van der Waals surface area contributed by atoms with Crippen LogP contribution in [0.2, 0.25) is 0 Å². The first kappa shape index (κ1) is 13.0. The first-order chi connectivity index (χ1) is 8.65. The van der Waals surface area contributed by atoms with Crippen LogP contribution < -0.4 is 11.0 Å². The van der Waals surface area contributed by atoms with Crippen LogP contribution in [0.25, 0.3) is 0 Å². The second kappa shape index (κ2) is 5.93. The maximum absolute atomic E-state index is 11.5. The molecule has 2 aromatic rings. The number of rotatable bonds is 5. The summed E-state index contributed by atoms with van der Waals surface area (Å²) in [5, 5.41) is 3.33. The third-order valence-corrected chi connectivity index (χ3v) is 3.64. The average molecular weight is 263 g/mol. The van der Waals surface area contributed by atoms with E-state index in [1.165, 1.54) is 9.75 Å². The summed E-state index contributed by atoms with van der Waals surface area (Å²) < 4.78 is 1.62. The summed E-state index contributed by atoms with van der Waals surface area (Å²) in [5.74, 6) is 0. The van der Waals surface area contributed by atoms with E-state index in [4.69, 9.17) is 0 Å². The topological polar surface area (TPSA) is 46.9 Å². The van der Waals surface area contributed by atoms with Gasteiger partial charge in [0.15, 0.2) is 0 Å². The van der Waals surface area contributed by atoms with Crippen molar-refractivity contribution < 1.29 is 0 Å². The predicted molar refractivity (Wildman–Crippen MR) is 74.0 cm³/mol. The molecule has 0 aliphatic heterocycles. The van der Waals surface area contributed by atoms with Crippen molar-refractivity contribution in [1.29, 1.82) is 0 Å². The van der Waals surface area contributed by atoms with Gasteiger partial charge in [-0.2, -0.15) is 4.98 Å². The summed E-state index contributed by atoms with van der Waals surface area (Å²) in [6, 6.07) is 6.10. The lowest BCUT2D eigenvalue weighted by Crippen LogP contribution is -2.28. The Morgan fingerprint density at radius 2 is 2.17 bits per heavy atom. The molecule has 0 radical (unpaired) electrons. The molecule has 18 heavy (non-hydrogen) atoms. The summed E-state index contributed by atoms with van der Waals surface area (Å²) >= 11 is 1.80. The van der Waals surface area contributed by atoms with E-state index in [0.29, 0.717) is 6.54 Å². The molecule has 0 aromatic carbocycles. The molecule has 0 saturated carbocycles. The van der Waals surface area contributed by atoms with Crippen LogP contribution in [0.4, 0.5) is 0 Å². The fourth-order valence-corrected chi connectivity index (χ4v) is 2.54. The zero-order chi connectivity index (χ0) is 13.0. The third-order valence-electron chi connectivity index (χ3n) is 2.64. The minimum atomic E-state index is -0.177. The van der Waals surface area contributed by atoms with Crippen molar-refractivity contribution in [2.75, 3.05) is 6.54 Å². The van der Waals surface area contributed by atoms with Gasteiger partial charge in [0.2, 0.25) is 0 Å². The van der Waals surface area contributed by atoms with Crippen LogP contribution >= 0.6 is 11.3 Å². The Bertz CT molecular complexity index is 574.